The van der Waals surface area contributed by atoms with Gasteiger partial charge in [-0.1, -0.05) is 13.3 Å². The van der Waals surface area contributed by atoms with Crippen molar-refractivity contribution in [1.29, 1.82) is 0 Å². The van der Waals surface area contributed by atoms with Crippen LogP contribution >= 0.6 is 31.9 Å². The first-order valence-corrected chi connectivity index (χ1v) is 7.24. The third kappa shape index (κ3) is 2.75. The monoisotopic (exact) mass is 373 g/mol. The highest BCUT2D eigenvalue weighted by molar-refractivity contribution is 9.10. The van der Waals surface area contributed by atoms with E-state index in [0.29, 0.717) is 16.3 Å². The Morgan fingerprint density at radius 3 is 2.61 bits per heavy atom. The molecule has 0 saturated heterocycles. The first kappa shape index (κ1) is 13.5. The molecule has 2 heterocycles. The summed E-state index contributed by atoms with van der Waals surface area (Å²) in [5.74, 6) is 2.02. The van der Waals surface area contributed by atoms with Crippen molar-refractivity contribution in [2.75, 3.05) is 12.4 Å². The molecule has 0 aliphatic carbocycles. The zero-order valence-corrected chi connectivity index (χ0v) is 13.3. The predicted octanol–water partition coefficient (Wildman–Crippen LogP) is 4.26. The van der Waals surface area contributed by atoms with Gasteiger partial charge in [0.2, 0.25) is 0 Å². The van der Waals surface area contributed by atoms with Crippen LogP contribution in [0.5, 0.6) is 0 Å². The van der Waals surface area contributed by atoms with Crippen molar-refractivity contribution in [2.45, 2.75) is 19.8 Å². The quantitative estimate of drug-likeness (QED) is 0.868. The normalized spacial score (nSPS) is 10.7. The largest absolute Gasteiger partial charge is 0.446 e. The molecule has 0 aliphatic rings. The van der Waals surface area contributed by atoms with E-state index < -0.39 is 0 Å². The van der Waals surface area contributed by atoms with Gasteiger partial charge in [-0.05, 0) is 50.4 Å². The molecule has 0 spiro atoms. The molecule has 0 bridgehead atoms. The van der Waals surface area contributed by atoms with Gasteiger partial charge < -0.3 is 9.73 Å². The number of aromatic nitrogens is 2. The zero-order chi connectivity index (χ0) is 13.1. The van der Waals surface area contributed by atoms with E-state index in [0.717, 1.165) is 28.8 Å². The minimum Gasteiger partial charge on any atom is -0.446 e. The van der Waals surface area contributed by atoms with Crippen molar-refractivity contribution in [2.24, 2.45) is 0 Å². The summed E-state index contributed by atoms with van der Waals surface area (Å²) < 4.78 is 7.08. The van der Waals surface area contributed by atoms with Crippen molar-refractivity contribution in [3.8, 4) is 11.6 Å². The molecule has 6 heteroatoms. The molecule has 18 heavy (non-hydrogen) atoms. The minimum absolute atomic E-state index is 0.594. The fourth-order valence-corrected chi connectivity index (χ4v) is 2.49. The topological polar surface area (TPSA) is 51.0 Å². The Morgan fingerprint density at radius 1 is 1.28 bits per heavy atom. The highest BCUT2D eigenvalue weighted by Crippen LogP contribution is 2.29. The Kier molecular flexibility index (Phi) is 4.40. The Labute approximate surface area is 122 Å². The molecule has 0 radical (unpaired) electrons. The number of hydrogen-bond acceptors (Lipinski definition) is 4. The van der Waals surface area contributed by atoms with Gasteiger partial charge in [0.25, 0.3) is 0 Å². The molecule has 0 aromatic carbocycles. The fourth-order valence-electron chi connectivity index (χ4n) is 1.61. The van der Waals surface area contributed by atoms with Crippen LogP contribution in [0.1, 0.15) is 19.0 Å². The Bertz CT molecular complexity index is 554. The summed E-state index contributed by atoms with van der Waals surface area (Å²) in [6, 6.07) is 3.68. The number of rotatable bonds is 4. The number of hydrogen-bond donors (Lipinski definition) is 1. The van der Waals surface area contributed by atoms with Gasteiger partial charge in [0.15, 0.2) is 16.3 Å². The Hall–Kier alpha value is -0.880. The van der Waals surface area contributed by atoms with Crippen LogP contribution < -0.4 is 5.32 Å². The zero-order valence-electron chi connectivity index (χ0n) is 10.1. The highest BCUT2D eigenvalue weighted by atomic mass is 79.9. The van der Waals surface area contributed by atoms with Gasteiger partial charge in [-0.2, -0.15) is 0 Å². The van der Waals surface area contributed by atoms with E-state index in [4.69, 9.17) is 4.42 Å². The molecule has 0 saturated carbocycles. The van der Waals surface area contributed by atoms with Gasteiger partial charge in [0, 0.05) is 7.05 Å². The van der Waals surface area contributed by atoms with E-state index in [1.807, 2.05) is 19.2 Å². The molecule has 4 nitrogen and oxygen atoms in total. The van der Waals surface area contributed by atoms with Gasteiger partial charge in [-0.25, -0.2) is 9.97 Å². The SMILES string of the molecule is CCCc1nc(-c2ccc(Br)o2)nc(NC)c1Br. The molecule has 1 N–H and O–H groups in total. The fraction of sp³-hybridized carbons (Fsp3) is 0.333. The number of nitrogens with one attached hydrogen (secondary N) is 1. The second-order valence-electron chi connectivity index (χ2n) is 3.76. The van der Waals surface area contributed by atoms with Crippen molar-refractivity contribution >= 4 is 37.7 Å². The predicted molar refractivity (Wildman–Crippen MR) is 78.7 cm³/mol. The second kappa shape index (κ2) is 5.84. The molecular formula is C12H13Br2N3O. The maximum atomic E-state index is 5.49. The maximum Gasteiger partial charge on any atom is 0.197 e. The van der Waals surface area contributed by atoms with Crippen molar-refractivity contribution < 1.29 is 4.42 Å². The molecular weight excluding hydrogens is 362 g/mol. The van der Waals surface area contributed by atoms with E-state index >= 15 is 0 Å². The molecule has 0 unspecified atom stereocenters. The van der Waals surface area contributed by atoms with Gasteiger partial charge in [-0.3, -0.25) is 0 Å². The van der Waals surface area contributed by atoms with Gasteiger partial charge >= 0.3 is 0 Å². The molecule has 0 fully saturated rings. The molecule has 2 rings (SSSR count). The summed E-state index contributed by atoms with van der Waals surface area (Å²) >= 11 is 6.81. The molecule has 2 aromatic heterocycles. The van der Waals surface area contributed by atoms with Crippen LogP contribution in [0.2, 0.25) is 0 Å². The summed E-state index contributed by atoms with van der Waals surface area (Å²) in [7, 11) is 1.84. The first-order chi connectivity index (χ1) is 8.65. The number of halogens is 2. The number of nitrogens with zero attached hydrogens (tertiary/aromatic N) is 2. The van der Waals surface area contributed by atoms with Crippen molar-refractivity contribution in [3.63, 3.8) is 0 Å². The average molecular weight is 375 g/mol. The summed E-state index contributed by atoms with van der Waals surface area (Å²) in [5.41, 5.74) is 0.986. The molecule has 2 aromatic rings. The van der Waals surface area contributed by atoms with E-state index in [2.05, 4.69) is 54.1 Å². The number of aryl methyl sites for hydroxylation is 1. The van der Waals surface area contributed by atoms with Crippen LogP contribution in [0.4, 0.5) is 5.82 Å². The summed E-state index contributed by atoms with van der Waals surface area (Å²) in [6.45, 7) is 2.12. The number of anilines is 1. The van der Waals surface area contributed by atoms with E-state index in [1.54, 1.807) is 0 Å². The number of furan rings is 1. The summed E-state index contributed by atoms with van der Waals surface area (Å²) in [6.07, 6.45) is 1.92. The third-order valence-electron chi connectivity index (χ3n) is 2.44. The smallest absolute Gasteiger partial charge is 0.197 e. The first-order valence-electron chi connectivity index (χ1n) is 5.65. The van der Waals surface area contributed by atoms with Crippen molar-refractivity contribution in [1.82, 2.24) is 9.97 Å². The standard InChI is InChI=1S/C12H13Br2N3O/c1-3-4-7-10(14)12(15-2)17-11(16-7)8-5-6-9(13)18-8/h5-6H,3-4H2,1-2H3,(H,15,16,17). The Balaban J connectivity index is 2.51. The lowest BCUT2D eigenvalue weighted by molar-refractivity contribution is 0.551. The molecule has 0 amide bonds. The van der Waals surface area contributed by atoms with Crippen LogP contribution in [0, 0.1) is 0 Å². The van der Waals surface area contributed by atoms with Crippen LogP contribution in [-0.2, 0) is 6.42 Å². The van der Waals surface area contributed by atoms with E-state index in [9.17, 15) is 0 Å². The van der Waals surface area contributed by atoms with Gasteiger partial charge in [-0.15, -0.1) is 0 Å². The van der Waals surface area contributed by atoms with Crippen LogP contribution in [0.3, 0.4) is 0 Å². The Morgan fingerprint density at radius 2 is 2.06 bits per heavy atom. The molecule has 0 aliphatic heterocycles. The summed E-state index contributed by atoms with van der Waals surface area (Å²) in [5, 5.41) is 3.06. The van der Waals surface area contributed by atoms with Gasteiger partial charge in [0.05, 0.1) is 10.2 Å². The lowest BCUT2D eigenvalue weighted by Gasteiger charge is -2.09. The summed E-state index contributed by atoms with van der Waals surface area (Å²) in [4.78, 5) is 8.98. The average Bonchev–Trinajstić information content (AvgIpc) is 2.79. The minimum atomic E-state index is 0.594. The lowest BCUT2D eigenvalue weighted by Crippen LogP contribution is -2.03. The lowest BCUT2D eigenvalue weighted by atomic mass is 10.2. The van der Waals surface area contributed by atoms with E-state index in [-0.39, 0.29) is 0 Å². The van der Waals surface area contributed by atoms with Gasteiger partial charge in [0.1, 0.15) is 5.82 Å². The highest BCUT2D eigenvalue weighted by Gasteiger charge is 2.14. The van der Waals surface area contributed by atoms with E-state index in [1.165, 1.54) is 0 Å². The molecule has 96 valence electrons. The second-order valence-corrected chi connectivity index (χ2v) is 5.33. The molecule has 0 atom stereocenters. The third-order valence-corrected chi connectivity index (χ3v) is 3.70. The van der Waals surface area contributed by atoms with Crippen LogP contribution in [0.15, 0.2) is 25.7 Å². The van der Waals surface area contributed by atoms with Crippen LogP contribution in [-0.4, -0.2) is 17.0 Å². The van der Waals surface area contributed by atoms with Crippen LogP contribution in [0.25, 0.3) is 11.6 Å². The maximum absolute atomic E-state index is 5.49. The van der Waals surface area contributed by atoms with Crippen molar-refractivity contribution in [3.05, 3.63) is 27.0 Å².